The summed E-state index contributed by atoms with van der Waals surface area (Å²) in [7, 11) is 0. The first-order valence-corrected chi connectivity index (χ1v) is 7.43. The third-order valence-corrected chi connectivity index (χ3v) is 3.73. The molecular weight excluding hydrogens is 316 g/mol. The quantitative estimate of drug-likeness (QED) is 0.462. The number of amides is 1. The summed E-state index contributed by atoms with van der Waals surface area (Å²) in [6, 6.07) is 6.02. The Hall–Kier alpha value is -2.74. The van der Waals surface area contributed by atoms with Gasteiger partial charge in [0, 0.05) is 25.2 Å². The summed E-state index contributed by atoms with van der Waals surface area (Å²) < 4.78 is 5.28. The number of hydrogen-bond acceptors (Lipinski definition) is 5. The molecule has 0 aliphatic carbocycles. The first-order valence-electron chi connectivity index (χ1n) is 7.43. The molecule has 0 bridgehead atoms. The molecule has 1 aliphatic heterocycles. The van der Waals surface area contributed by atoms with Crippen LogP contribution in [0.4, 0.5) is 5.69 Å². The second kappa shape index (κ2) is 7.69. The number of ether oxygens (including phenoxy) is 1. The van der Waals surface area contributed by atoms with Crippen molar-refractivity contribution in [3.05, 3.63) is 52.6 Å². The zero-order valence-corrected chi connectivity index (χ0v) is 13.0. The molecule has 0 saturated carbocycles. The number of nitro groups is 1. The molecular formula is C16H18N2O6. The summed E-state index contributed by atoms with van der Waals surface area (Å²) >= 11 is 0. The predicted octanol–water partition coefficient (Wildman–Crippen LogP) is 1.74. The highest BCUT2D eigenvalue weighted by Gasteiger charge is 2.36. The first kappa shape index (κ1) is 17.6. The van der Waals surface area contributed by atoms with E-state index in [4.69, 9.17) is 9.84 Å². The van der Waals surface area contributed by atoms with Crippen LogP contribution < -0.4 is 0 Å². The van der Waals surface area contributed by atoms with Crippen LogP contribution in [0.5, 0.6) is 0 Å². The largest absolute Gasteiger partial charge is 0.479 e. The minimum atomic E-state index is -1.08. The maximum atomic E-state index is 12.6. The fourth-order valence-corrected chi connectivity index (χ4v) is 2.58. The lowest BCUT2D eigenvalue weighted by Crippen LogP contribution is -2.39. The average molecular weight is 334 g/mol. The molecule has 1 amide bonds. The minimum Gasteiger partial charge on any atom is -0.479 e. The van der Waals surface area contributed by atoms with Crippen molar-refractivity contribution >= 4 is 17.6 Å². The summed E-state index contributed by atoms with van der Waals surface area (Å²) in [6.45, 7) is 4.00. The molecule has 0 aromatic heterocycles. The Bertz CT molecular complexity index is 660. The van der Waals surface area contributed by atoms with Crippen LogP contribution in [0.15, 0.2) is 36.9 Å². The van der Waals surface area contributed by atoms with Crippen LogP contribution in [0.1, 0.15) is 18.4 Å². The molecule has 0 radical (unpaired) electrons. The first-order chi connectivity index (χ1) is 11.4. The van der Waals surface area contributed by atoms with Crippen molar-refractivity contribution in [2.75, 3.05) is 6.54 Å². The van der Waals surface area contributed by atoms with E-state index in [2.05, 4.69) is 6.58 Å². The van der Waals surface area contributed by atoms with Gasteiger partial charge in [0.15, 0.2) is 6.10 Å². The zero-order valence-electron chi connectivity index (χ0n) is 13.0. The standard InChI is InChI=1S/C16H18N2O6/c1-2-8-17(10-11-4-3-5-12(9-11)18(22)23)15(19)13-6-7-14(24-13)16(20)21/h2-5,9,13-14H,1,6-8,10H2,(H,20,21)/t13-,14+/m0/s1. The summed E-state index contributed by atoms with van der Waals surface area (Å²) in [4.78, 5) is 35.3. The maximum Gasteiger partial charge on any atom is 0.332 e. The van der Waals surface area contributed by atoms with Crippen molar-refractivity contribution in [2.24, 2.45) is 0 Å². The topological polar surface area (TPSA) is 110 Å². The van der Waals surface area contributed by atoms with E-state index in [1.165, 1.54) is 17.0 Å². The van der Waals surface area contributed by atoms with Crippen molar-refractivity contribution in [3.8, 4) is 0 Å². The summed E-state index contributed by atoms with van der Waals surface area (Å²) in [5.74, 6) is -1.43. The fourth-order valence-electron chi connectivity index (χ4n) is 2.58. The highest BCUT2D eigenvalue weighted by Crippen LogP contribution is 2.23. The summed E-state index contributed by atoms with van der Waals surface area (Å²) in [6.07, 6.45) is 0.369. The Morgan fingerprint density at radius 2 is 2.12 bits per heavy atom. The average Bonchev–Trinajstić information content (AvgIpc) is 3.04. The Kier molecular flexibility index (Phi) is 5.64. The van der Waals surface area contributed by atoms with E-state index < -0.39 is 23.1 Å². The Morgan fingerprint density at radius 1 is 1.42 bits per heavy atom. The van der Waals surface area contributed by atoms with Crippen molar-refractivity contribution in [2.45, 2.75) is 31.6 Å². The number of benzene rings is 1. The number of carbonyl (C=O) groups is 2. The van der Waals surface area contributed by atoms with E-state index >= 15 is 0 Å². The summed E-state index contributed by atoms with van der Waals surface area (Å²) in [5, 5.41) is 19.8. The molecule has 1 aromatic rings. The molecule has 1 aromatic carbocycles. The van der Waals surface area contributed by atoms with Gasteiger partial charge in [-0.15, -0.1) is 6.58 Å². The van der Waals surface area contributed by atoms with Gasteiger partial charge in [0.05, 0.1) is 4.92 Å². The molecule has 1 N–H and O–H groups in total. The number of non-ortho nitro benzene ring substituents is 1. The van der Waals surface area contributed by atoms with Crippen LogP contribution in [0, 0.1) is 10.1 Å². The molecule has 8 nitrogen and oxygen atoms in total. The lowest BCUT2D eigenvalue weighted by atomic mass is 10.1. The highest BCUT2D eigenvalue weighted by atomic mass is 16.6. The van der Waals surface area contributed by atoms with Crippen LogP contribution in [0.25, 0.3) is 0 Å². The third kappa shape index (κ3) is 4.17. The van der Waals surface area contributed by atoms with Crippen LogP contribution >= 0.6 is 0 Å². The van der Waals surface area contributed by atoms with Crippen LogP contribution in [0.3, 0.4) is 0 Å². The molecule has 0 spiro atoms. The van der Waals surface area contributed by atoms with Gasteiger partial charge in [0.25, 0.3) is 11.6 Å². The molecule has 1 fully saturated rings. The SMILES string of the molecule is C=CCN(Cc1cccc([N+](=O)[O-])c1)C(=O)[C@@H]1CC[C@H](C(=O)O)O1. The van der Waals surface area contributed by atoms with E-state index in [-0.39, 0.29) is 31.1 Å². The number of carbonyl (C=O) groups excluding carboxylic acids is 1. The number of nitrogens with zero attached hydrogens (tertiary/aromatic N) is 2. The van der Waals surface area contributed by atoms with Crippen molar-refractivity contribution in [3.63, 3.8) is 0 Å². The lowest BCUT2D eigenvalue weighted by molar-refractivity contribution is -0.384. The molecule has 1 aliphatic rings. The smallest absolute Gasteiger partial charge is 0.332 e. The number of aliphatic carboxylic acids is 1. The van der Waals surface area contributed by atoms with E-state index in [1.54, 1.807) is 18.2 Å². The van der Waals surface area contributed by atoms with E-state index in [1.807, 2.05) is 0 Å². The van der Waals surface area contributed by atoms with E-state index in [0.717, 1.165) is 0 Å². The fraction of sp³-hybridized carbons (Fsp3) is 0.375. The second-order valence-electron chi connectivity index (χ2n) is 5.46. The molecule has 1 saturated heterocycles. The molecule has 24 heavy (non-hydrogen) atoms. The van der Waals surface area contributed by atoms with Gasteiger partial charge < -0.3 is 14.7 Å². The maximum absolute atomic E-state index is 12.6. The van der Waals surface area contributed by atoms with Gasteiger partial charge in [-0.05, 0) is 18.4 Å². The van der Waals surface area contributed by atoms with Crippen LogP contribution in [-0.4, -0.2) is 45.6 Å². The molecule has 1 heterocycles. The number of hydrogen-bond donors (Lipinski definition) is 1. The van der Waals surface area contributed by atoms with Crippen LogP contribution in [0.2, 0.25) is 0 Å². The number of carboxylic acid groups (broad SMARTS) is 1. The Balaban J connectivity index is 2.10. The minimum absolute atomic E-state index is 0.0541. The van der Waals surface area contributed by atoms with Crippen molar-refractivity contribution in [1.29, 1.82) is 0 Å². The van der Waals surface area contributed by atoms with E-state index in [9.17, 15) is 19.7 Å². The van der Waals surface area contributed by atoms with Gasteiger partial charge >= 0.3 is 5.97 Å². The van der Waals surface area contributed by atoms with Gasteiger partial charge in [0.1, 0.15) is 6.10 Å². The van der Waals surface area contributed by atoms with Gasteiger partial charge in [-0.3, -0.25) is 14.9 Å². The molecule has 2 atom stereocenters. The lowest BCUT2D eigenvalue weighted by Gasteiger charge is -2.24. The Labute approximate surface area is 138 Å². The number of nitro benzene ring substituents is 1. The molecule has 2 rings (SSSR count). The molecule has 128 valence electrons. The van der Waals surface area contributed by atoms with Gasteiger partial charge in [-0.2, -0.15) is 0 Å². The number of rotatable bonds is 7. The third-order valence-electron chi connectivity index (χ3n) is 3.73. The number of carboxylic acids is 1. The second-order valence-corrected chi connectivity index (χ2v) is 5.46. The van der Waals surface area contributed by atoms with Gasteiger partial charge in [0.2, 0.25) is 0 Å². The zero-order chi connectivity index (χ0) is 17.7. The van der Waals surface area contributed by atoms with Crippen molar-refractivity contribution in [1.82, 2.24) is 4.90 Å². The van der Waals surface area contributed by atoms with Gasteiger partial charge in [-0.25, -0.2) is 4.79 Å². The normalized spacial score (nSPS) is 19.7. The molecule has 8 heteroatoms. The molecule has 0 unspecified atom stereocenters. The monoisotopic (exact) mass is 334 g/mol. The summed E-state index contributed by atoms with van der Waals surface area (Å²) in [5.41, 5.74) is 0.550. The van der Waals surface area contributed by atoms with Crippen molar-refractivity contribution < 1.29 is 24.4 Å². The van der Waals surface area contributed by atoms with Gasteiger partial charge in [-0.1, -0.05) is 18.2 Å². The highest BCUT2D eigenvalue weighted by molar-refractivity contribution is 5.83. The van der Waals surface area contributed by atoms with E-state index in [0.29, 0.717) is 12.0 Å². The van der Waals surface area contributed by atoms with Crippen LogP contribution in [-0.2, 0) is 20.9 Å². The Morgan fingerprint density at radius 3 is 2.71 bits per heavy atom. The predicted molar refractivity (Wildman–Crippen MR) is 84.2 cm³/mol.